The Hall–Kier alpha value is -2.66. The molecule has 6 N–H and O–H groups in total. The second-order valence-corrected chi connectivity index (χ2v) is 9.15. The van der Waals surface area contributed by atoms with E-state index >= 15 is 0 Å². The van der Waals surface area contributed by atoms with Crippen LogP contribution >= 0.6 is 0 Å². The number of sulfonamides is 1. The van der Waals surface area contributed by atoms with Gasteiger partial charge in [-0.3, -0.25) is 19.1 Å². The van der Waals surface area contributed by atoms with Gasteiger partial charge in [0.05, 0.1) is 12.2 Å². The number of nitrogens with two attached hydrogens (primary N) is 1. The van der Waals surface area contributed by atoms with Gasteiger partial charge < -0.3 is 21.5 Å². The minimum Gasteiger partial charge on any atom is -0.481 e. The van der Waals surface area contributed by atoms with Crippen molar-refractivity contribution in [2.75, 3.05) is 17.5 Å². The third kappa shape index (κ3) is 6.99. The van der Waals surface area contributed by atoms with Crippen LogP contribution in [0, 0.1) is 5.92 Å². The summed E-state index contributed by atoms with van der Waals surface area (Å²) >= 11 is 0. The van der Waals surface area contributed by atoms with Gasteiger partial charge in [-0.15, -0.1) is 0 Å². The summed E-state index contributed by atoms with van der Waals surface area (Å²) in [6.45, 7) is 0.328. The van der Waals surface area contributed by atoms with Gasteiger partial charge in [0.2, 0.25) is 15.9 Å². The van der Waals surface area contributed by atoms with Gasteiger partial charge in [-0.25, -0.2) is 8.42 Å². The number of rotatable bonds is 10. The van der Waals surface area contributed by atoms with Gasteiger partial charge >= 0.3 is 5.97 Å². The molecule has 166 valence electrons. The van der Waals surface area contributed by atoms with Crippen LogP contribution < -0.4 is 21.1 Å². The van der Waals surface area contributed by atoms with Gasteiger partial charge in [-0.05, 0) is 50.4 Å². The van der Waals surface area contributed by atoms with Crippen molar-refractivity contribution in [3.63, 3.8) is 0 Å². The van der Waals surface area contributed by atoms with E-state index in [9.17, 15) is 27.9 Å². The normalized spacial score (nSPS) is 19.7. The fourth-order valence-electron chi connectivity index (χ4n) is 3.48. The number of amides is 2. The first-order valence-electron chi connectivity index (χ1n) is 9.72. The van der Waals surface area contributed by atoms with Crippen molar-refractivity contribution >= 4 is 33.5 Å². The number of benzene rings is 1. The Bertz CT molecular complexity index is 889. The molecule has 1 fully saturated rings. The number of anilines is 1. The SMILES string of the molecule is CS(=O)(=O)Nc1cccc(C(=O)N[C@@H](CCCN)C(=O)N[C@H]2CCC[C@H]2C(=O)O)c1. The van der Waals surface area contributed by atoms with Crippen molar-refractivity contribution in [2.24, 2.45) is 11.7 Å². The molecule has 0 bridgehead atoms. The predicted octanol–water partition coefficient (Wildman–Crippen LogP) is 0.265. The lowest BCUT2D eigenvalue weighted by atomic mass is 10.0. The maximum atomic E-state index is 12.7. The van der Waals surface area contributed by atoms with Gasteiger partial charge in [0.15, 0.2) is 0 Å². The van der Waals surface area contributed by atoms with E-state index in [1.54, 1.807) is 0 Å². The number of hydrogen-bond acceptors (Lipinski definition) is 6. The van der Waals surface area contributed by atoms with Crippen LogP contribution in [0.2, 0.25) is 0 Å². The molecular weight excluding hydrogens is 412 g/mol. The minimum absolute atomic E-state index is 0.179. The fourth-order valence-corrected chi connectivity index (χ4v) is 4.04. The maximum absolute atomic E-state index is 12.7. The highest BCUT2D eigenvalue weighted by molar-refractivity contribution is 7.92. The predicted molar refractivity (Wildman–Crippen MR) is 111 cm³/mol. The number of hydrogen-bond donors (Lipinski definition) is 5. The van der Waals surface area contributed by atoms with E-state index < -0.39 is 45.8 Å². The number of aliphatic carboxylic acids is 1. The Balaban J connectivity index is 2.09. The second kappa shape index (κ2) is 10.4. The number of carboxylic acids is 1. The molecule has 10 nitrogen and oxygen atoms in total. The minimum atomic E-state index is -3.50. The van der Waals surface area contributed by atoms with Crippen molar-refractivity contribution in [3.05, 3.63) is 29.8 Å². The molecule has 3 atom stereocenters. The molecule has 1 aromatic carbocycles. The first kappa shape index (κ1) is 23.6. The zero-order chi connectivity index (χ0) is 22.3. The van der Waals surface area contributed by atoms with Gasteiger partial charge in [-0.1, -0.05) is 12.5 Å². The monoisotopic (exact) mass is 440 g/mol. The van der Waals surface area contributed by atoms with Crippen LogP contribution in [0.3, 0.4) is 0 Å². The van der Waals surface area contributed by atoms with Gasteiger partial charge in [0.25, 0.3) is 5.91 Å². The lowest BCUT2D eigenvalue weighted by molar-refractivity contribution is -0.142. The Kier molecular flexibility index (Phi) is 8.18. The van der Waals surface area contributed by atoms with Crippen LogP contribution in [0.1, 0.15) is 42.5 Å². The van der Waals surface area contributed by atoms with Crippen LogP contribution in [0.15, 0.2) is 24.3 Å². The molecule has 1 aromatic rings. The quantitative estimate of drug-likeness (QED) is 0.348. The first-order valence-corrected chi connectivity index (χ1v) is 11.6. The molecule has 1 aliphatic carbocycles. The summed E-state index contributed by atoms with van der Waals surface area (Å²) in [5.74, 6) is -2.60. The molecule has 1 aliphatic rings. The topological polar surface area (TPSA) is 168 Å². The summed E-state index contributed by atoms with van der Waals surface area (Å²) in [5, 5.41) is 14.7. The summed E-state index contributed by atoms with van der Waals surface area (Å²) in [4.78, 5) is 36.7. The molecule has 0 radical (unpaired) electrons. The van der Waals surface area contributed by atoms with Crippen LogP contribution in [-0.2, 0) is 19.6 Å². The number of carbonyl (C=O) groups is 3. The molecule has 2 amide bonds. The zero-order valence-corrected chi connectivity index (χ0v) is 17.6. The molecular formula is C19H28N4O6S. The van der Waals surface area contributed by atoms with E-state index in [0.717, 1.165) is 6.26 Å². The van der Waals surface area contributed by atoms with E-state index in [2.05, 4.69) is 15.4 Å². The van der Waals surface area contributed by atoms with Gasteiger partial charge in [0, 0.05) is 17.3 Å². The Morgan fingerprint density at radius 1 is 1.27 bits per heavy atom. The van der Waals surface area contributed by atoms with E-state index in [4.69, 9.17) is 5.73 Å². The van der Waals surface area contributed by atoms with Crippen LogP contribution in [0.5, 0.6) is 0 Å². The van der Waals surface area contributed by atoms with E-state index in [-0.39, 0.29) is 11.3 Å². The van der Waals surface area contributed by atoms with Crippen molar-refractivity contribution < 1.29 is 27.9 Å². The smallest absolute Gasteiger partial charge is 0.308 e. The lowest BCUT2D eigenvalue weighted by Crippen LogP contribution is -2.51. The number of carbonyl (C=O) groups excluding carboxylic acids is 2. The molecule has 2 rings (SSSR count). The van der Waals surface area contributed by atoms with Gasteiger partial charge in [-0.2, -0.15) is 0 Å². The highest BCUT2D eigenvalue weighted by Gasteiger charge is 2.35. The number of carboxylic acid groups (broad SMARTS) is 1. The number of nitrogens with one attached hydrogen (secondary N) is 3. The molecule has 11 heteroatoms. The maximum Gasteiger partial charge on any atom is 0.308 e. The lowest BCUT2D eigenvalue weighted by Gasteiger charge is -2.23. The first-order chi connectivity index (χ1) is 14.1. The van der Waals surface area contributed by atoms with Crippen LogP contribution in [-0.4, -0.2) is 56.2 Å². The van der Waals surface area contributed by atoms with Crippen LogP contribution in [0.25, 0.3) is 0 Å². The third-order valence-electron chi connectivity index (χ3n) is 4.91. The molecule has 0 spiro atoms. The average Bonchev–Trinajstić information content (AvgIpc) is 3.12. The summed E-state index contributed by atoms with van der Waals surface area (Å²) in [5.41, 5.74) is 5.94. The summed E-state index contributed by atoms with van der Waals surface area (Å²) in [7, 11) is -3.50. The Labute approximate surface area is 175 Å². The molecule has 0 saturated heterocycles. The average molecular weight is 441 g/mol. The third-order valence-corrected chi connectivity index (χ3v) is 5.51. The molecule has 1 saturated carbocycles. The highest BCUT2D eigenvalue weighted by Crippen LogP contribution is 2.26. The second-order valence-electron chi connectivity index (χ2n) is 7.40. The van der Waals surface area contributed by atoms with E-state index in [1.165, 1.54) is 24.3 Å². The van der Waals surface area contributed by atoms with Gasteiger partial charge in [0.1, 0.15) is 6.04 Å². The van der Waals surface area contributed by atoms with Crippen molar-refractivity contribution in [1.29, 1.82) is 0 Å². The Morgan fingerprint density at radius 2 is 2.00 bits per heavy atom. The molecule has 0 unspecified atom stereocenters. The molecule has 0 aliphatic heterocycles. The summed E-state index contributed by atoms with van der Waals surface area (Å²) in [6.07, 6.45) is 3.56. The standard InChI is InChI=1S/C19H28N4O6S/c1-30(28,29)23-13-6-2-5-12(11-13)17(24)22-16(9-4-10-20)18(25)21-15-8-3-7-14(15)19(26)27/h2,5-6,11,14-16,23H,3-4,7-10,20H2,1H3,(H,21,25)(H,22,24)(H,26,27)/t14-,15+,16+/m1/s1. The van der Waals surface area contributed by atoms with E-state index in [1.807, 2.05) is 0 Å². The van der Waals surface area contributed by atoms with Crippen LogP contribution in [0.4, 0.5) is 5.69 Å². The summed E-state index contributed by atoms with van der Waals surface area (Å²) in [6, 6.07) is 4.52. The van der Waals surface area contributed by atoms with E-state index in [0.29, 0.717) is 38.6 Å². The highest BCUT2D eigenvalue weighted by atomic mass is 32.2. The van der Waals surface area contributed by atoms with Crippen molar-refractivity contribution in [2.45, 2.75) is 44.2 Å². The zero-order valence-electron chi connectivity index (χ0n) is 16.8. The molecule has 0 aromatic heterocycles. The Morgan fingerprint density at radius 3 is 2.63 bits per heavy atom. The largest absolute Gasteiger partial charge is 0.481 e. The molecule has 30 heavy (non-hydrogen) atoms. The fraction of sp³-hybridized carbons (Fsp3) is 0.526. The van der Waals surface area contributed by atoms with Crippen molar-refractivity contribution in [3.8, 4) is 0 Å². The van der Waals surface area contributed by atoms with Crippen molar-refractivity contribution in [1.82, 2.24) is 10.6 Å². The summed E-state index contributed by atoms with van der Waals surface area (Å²) < 4.78 is 25.1. The molecule has 0 heterocycles.